The number of nitrogens with zero attached hydrogens (tertiary/aromatic N) is 1. The molecular weight excluding hydrogens is 224 g/mol. The number of aromatic carboxylic acids is 1. The highest BCUT2D eigenvalue weighted by atomic mass is 16.5. The molecule has 1 aromatic rings. The van der Waals surface area contributed by atoms with E-state index in [1.807, 2.05) is 0 Å². The minimum absolute atomic E-state index is 0.0767. The lowest BCUT2D eigenvalue weighted by molar-refractivity contribution is 0.0690. The van der Waals surface area contributed by atoms with E-state index in [0.29, 0.717) is 6.61 Å². The van der Waals surface area contributed by atoms with E-state index >= 15 is 0 Å². The second-order valence-electron chi connectivity index (χ2n) is 3.54. The lowest BCUT2D eigenvalue weighted by Gasteiger charge is -2.12. The summed E-state index contributed by atoms with van der Waals surface area (Å²) in [5.41, 5.74) is -0.0788. The van der Waals surface area contributed by atoms with Crippen molar-refractivity contribution in [3.05, 3.63) is 29.6 Å². The van der Waals surface area contributed by atoms with E-state index in [4.69, 9.17) is 9.84 Å². The standard InChI is InChI=1S/C11H14N2O4/c1-7(6-17-2)12-10(14)8-4-3-5-9(13-8)11(15)16/h3-5,7H,6H2,1-2H3,(H,12,14)(H,15,16). The van der Waals surface area contributed by atoms with Crippen LogP contribution in [0.5, 0.6) is 0 Å². The van der Waals surface area contributed by atoms with Crippen LogP contribution in [-0.2, 0) is 4.74 Å². The first-order valence-corrected chi connectivity index (χ1v) is 5.04. The smallest absolute Gasteiger partial charge is 0.354 e. The molecule has 1 atom stereocenters. The number of pyridine rings is 1. The van der Waals surface area contributed by atoms with E-state index in [0.717, 1.165) is 0 Å². The van der Waals surface area contributed by atoms with E-state index < -0.39 is 11.9 Å². The van der Waals surface area contributed by atoms with Crippen LogP contribution >= 0.6 is 0 Å². The van der Waals surface area contributed by atoms with Gasteiger partial charge >= 0.3 is 5.97 Å². The normalized spacial score (nSPS) is 11.9. The van der Waals surface area contributed by atoms with Crippen LogP contribution in [0.15, 0.2) is 18.2 Å². The molecule has 6 nitrogen and oxygen atoms in total. The molecule has 1 rings (SSSR count). The van der Waals surface area contributed by atoms with E-state index in [2.05, 4.69) is 10.3 Å². The molecule has 1 unspecified atom stereocenters. The number of carboxylic acid groups (broad SMARTS) is 1. The summed E-state index contributed by atoms with van der Waals surface area (Å²) in [4.78, 5) is 26.1. The van der Waals surface area contributed by atoms with Crippen molar-refractivity contribution >= 4 is 11.9 Å². The minimum Gasteiger partial charge on any atom is -0.477 e. The fourth-order valence-corrected chi connectivity index (χ4v) is 1.27. The Kier molecular flexibility index (Phi) is 4.59. The van der Waals surface area contributed by atoms with Gasteiger partial charge in [0, 0.05) is 13.2 Å². The number of rotatable bonds is 5. The monoisotopic (exact) mass is 238 g/mol. The second kappa shape index (κ2) is 5.95. The molecule has 0 fully saturated rings. The zero-order valence-corrected chi connectivity index (χ0v) is 9.64. The molecule has 0 aromatic carbocycles. The maximum Gasteiger partial charge on any atom is 0.354 e. The topological polar surface area (TPSA) is 88.5 Å². The number of hydrogen-bond acceptors (Lipinski definition) is 4. The zero-order chi connectivity index (χ0) is 12.8. The van der Waals surface area contributed by atoms with Crippen molar-refractivity contribution in [1.82, 2.24) is 10.3 Å². The molecule has 17 heavy (non-hydrogen) atoms. The predicted molar refractivity (Wildman–Crippen MR) is 60.0 cm³/mol. The van der Waals surface area contributed by atoms with Gasteiger partial charge in [0.2, 0.25) is 0 Å². The number of carbonyl (C=O) groups is 2. The SMILES string of the molecule is COCC(C)NC(=O)c1cccc(C(=O)O)n1. The van der Waals surface area contributed by atoms with Crippen molar-refractivity contribution in [3.63, 3.8) is 0 Å². The number of ether oxygens (including phenoxy) is 1. The predicted octanol–water partition coefficient (Wildman–Crippen LogP) is 0.544. The number of methoxy groups -OCH3 is 1. The fraction of sp³-hybridized carbons (Fsp3) is 0.364. The van der Waals surface area contributed by atoms with E-state index in [1.54, 1.807) is 6.92 Å². The third kappa shape index (κ3) is 3.84. The molecule has 1 aromatic heterocycles. The van der Waals surface area contributed by atoms with Gasteiger partial charge in [0.25, 0.3) is 5.91 Å². The molecule has 0 spiro atoms. The summed E-state index contributed by atoms with van der Waals surface area (Å²) in [6.07, 6.45) is 0. The quantitative estimate of drug-likeness (QED) is 0.781. The van der Waals surface area contributed by atoms with Crippen LogP contribution in [0.3, 0.4) is 0 Å². The molecule has 0 aliphatic heterocycles. The van der Waals surface area contributed by atoms with Crippen LogP contribution in [0.1, 0.15) is 27.9 Å². The molecule has 2 N–H and O–H groups in total. The molecule has 0 saturated carbocycles. The zero-order valence-electron chi connectivity index (χ0n) is 9.64. The van der Waals surface area contributed by atoms with Crippen molar-refractivity contribution in [2.24, 2.45) is 0 Å². The van der Waals surface area contributed by atoms with Gasteiger partial charge in [-0.1, -0.05) is 6.07 Å². The van der Waals surface area contributed by atoms with Crippen LogP contribution in [0.2, 0.25) is 0 Å². The summed E-state index contributed by atoms with van der Waals surface area (Å²) in [6.45, 7) is 2.16. The average molecular weight is 238 g/mol. The Morgan fingerprint density at radius 2 is 2.12 bits per heavy atom. The lowest BCUT2D eigenvalue weighted by atomic mass is 10.2. The van der Waals surface area contributed by atoms with Gasteiger partial charge in [-0.3, -0.25) is 4.79 Å². The van der Waals surface area contributed by atoms with Gasteiger partial charge in [0.15, 0.2) is 0 Å². The van der Waals surface area contributed by atoms with E-state index in [9.17, 15) is 9.59 Å². The number of hydrogen-bond donors (Lipinski definition) is 2. The number of carbonyl (C=O) groups excluding carboxylic acids is 1. The molecule has 92 valence electrons. The number of carboxylic acids is 1. The highest BCUT2D eigenvalue weighted by Crippen LogP contribution is 2.00. The van der Waals surface area contributed by atoms with Gasteiger partial charge in [0.05, 0.1) is 6.61 Å². The first-order valence-electron chi connectivity index (χ1n) is 5.04. The maximum absolute atomic E-state index is 11.7. The molecule has 0 aliphatic carbocycles. The number of amides is 1. The molecular formula is C11H14N2O4. The van der Waals surface area contributed by atoms with Crippen LogP contribution in [0, 0.1) is 0 Å². The molecule has 6 heteroatoms. The Balaban J connectivity index is 2.75. The van der Waals surface area contributed by atoms with Gasteiger partial charge in [-0.25, -0.2) is 9.78 Å². The Morgan fingerprint density at radius 1 is 1.47 bits per heavy atom. The summed E-state index contributed by atoms with van der Waals surface area (Å²) < 4.78 is 4.87. The third-order valence-electron chi connectivity index (χ3n) is 2.00. The number of aromatic nitrogens is 1. The van der Waals surface area contributed by atoms with Gasteiger partial charge < -0.3 is 15.2 Å². The fourth-order valence-electron chi connectivity index (χ4n) is 1.27. The van der Waals surface area contributed by atoms with Gasteiger partial charge in [0.1, 0.15) is 11.4 Å². The third-order valence-corrected chi connectivity index (χ3v) is 2.00. The van der Waals surface area contributed by atoms with E-state index in [1.165, 1.54) is 25.3 Å². The van der Waals surface area contributed by atoms with Crippen molar-refractivity contribution in [2.45, 2.75) is 13.0 Å². The van der Waals surface area contributed by atoms with Gasteiger partial charge in [-0.2, -0.15) is 0 Å². The molecule has 1 heterocycles. The first-order chi connectivity index (χ1) is 8.04. The van der Waals surface area contributed by atoms with Gasteiger partial charge in [-0.15, -0.1) is 0 Å². The minimum atomic E-state index is -1.16. The largest absolute Gasteiger partial charge is 0.477 e. The molecule has 0 bridgehead atoms. The maximum atomic E-state index is 11.7. The summed E-state index contributed by atoms with van der Waals surface area (Å²) in [6, 6.07) is 4.11. The highest BCUT2D eigenvalue weighted by Gasteiger charge is 2.13. The highest BCUT2D eigenvalue weighted by molar-refractivity contribution is 5.94. The summed E-state index contributed by atoms with van der Waals surface area (Å²) in [5, 5.41) is 11.4. The Morgan fingerprint density at radius 3 is 2.71 bits per heavy atom. The Hall–Kier alpha value is -1.95. The van der Waals surface area contributed by atoms with Crippen molar-refractivity contribution in [3.8, 4) is 0 Å². The van der Waals surface area contributed by atoms with Crippen LogP contribution in [-0.4, -0.2) is 41.7 Å². The second-order valence-corrected chi connectivity index (χ2v) is 3.54. The summed E-state index contributed by atoms with van der Waals surface area (Å²) in [7, 11) is 1.53. The van der Waals surface area contributed by atoms with E-state index in [-0.39, 0.29) is 17.4 Å². The number of nitrogens with one attached hydrogen (secondary N) is 1. The summed E-state index contributed by atoms with van der Waals surface area (Å²) in [5.74, 6) is -1.58. The van der Waals surface area contributed by atoms with Gasteiger partial charge in [-0.05, 0) is 19.1 Å². The summed E-state index contributed by atoms with van der Waals surface area (Å²) >= 11 is 0. The molecule has 0 radical (unpaired) electrons. The van der Waals surface area contributed by atoms with Crippen LogP contribution in [0.25, 0.3) is 0 Å². The Labute approximate surface area is 98.6 Å². The van der Waals surface area contributed by atoms with Crippen molar-refractivity contribution < 1.29 is 19.4 Å². The van der Waals surface area contributed by atoms with Crippen LogP contribution < -0.4 is 5.32 Å². The molecule has 0 aliphatic rings. The average Bonchev–Trinajstić information content (AvgIpc) is 2.29. The first kappa shape index (κ1) is 13.1. The molecule has 0 saturated heterocycles. The van der Waals surface area contributed by atoms with Crippen LogP contribution in [0.4, 0.5) is 0 Å². The molecule has 1 amide bonds. The van der Waals surface area contributed by atoms with Crippen molar-refractivity contribution in [2.75, 3.05) is 13.7 Å². The lowest BCUT2D eigenvalue weighted by Crippen LogP contribution is -2.36. The van der Waals surface area contributed by atoms with Crippen molar-refractivity contribution in [1.29, 1.82) is 0 Å². The Bertz CT molecular complexity index is 420.